The lowest BCUT2D eigenvalue weighted by Crippen LogP contribution is -2.30. The predicted octanol–water partition coefficient (Wildman–Crippen LogP) is 5.44. The second-order valence-corrected chi connectivity index (χ2v) is 7.98. The molecule has 3 nitrogen and oxygen atoms in total. The van der Waals surface area contributed by atoms with Crippen molar-refractivity contribution < 1.29 is 9.53 Å². The number of esters is 1. The van der Waals surface area contributed by atoms with E-state index in [0.29, 0.717) is 19.1 Å². The van der Waals surface area contributed by atoms with Crippen molar-refractivity contribution in [2.75, 3.05) is 26.2 Å². The summed E-state index contributed by atoms with van der Waals surface area (Å²) in [6.45, 7) is 13.3. The van der Waals surface area contributed by atoms with Crippen molar-refractivity contribution >= 4 is 5.97 Å². The van der Waals surface area contributed by atoms with Crippen LogP contribution in [0.1, 0.15) is 77.3 Å². The molecule has 0 aromatic heterocycles. The minimum atomic E-state index is -0.252. The van der Waals surface area contributed by atoms with E-state index in [2.05, 4.69) is 80.5 Å². The van der Waals surface area contributed by atoms with E-state index in [9.17, 15) is 4.79 Å². The molecular weight excluding hydrogens is 370 g/mol. The summed E-state index contributed by atoms with van der Waals surface area (Å²) in [6.07, 6.45) is 4.50. The number of carbonyl (C=O) groups is 1. The lowest BCUT2D eigenvalue weighted by atomic mass is 9.97. The first-order valence-electron chi connectivity index (χ1n) is 11.4. The van der Waals surface area contributed by atoms with E-state index in [4.69, 9.17) is 4.74 Å². The van der Waals surface area contributed by atoms with Gasteiger partial charge < -0.3 is 4.74 Å². The minimum absolute atomic E-state index is 0.164. The molecule has 1 atom stereocenters. The smallest absolute Gasteiger partial charge is 0.313 e. The van der Waals surface area contributed by atoms with Crippen LogP contribution in [0.25, 0.3) is 0 Å². The molecule has 1 aromatic carbocycles. The average molecular weight is 410 g/mol. The van der Waals surface area contributed by atoms with Gasteiger partial charge in [-0.05, 0) is 30.4 Å². The molecule has 1 aromatic rings. The highest BCUT2D eigenvalue weighted by molar-refractivity contribution is 5.77. The summed E-state index contributed by atoms with van der Waals surface area (Å²) < 4.78 is 5.59. The van der Waals surface area contributed by atoms with Gasteiger partial charge in [-0.25, -0.2) is 0 Å². The molecule has 0 saturated heterocycles. The van der Waals surface area contributed by atoms with E-state index in [-0.39, 0.29) is 11.9 Å². The normalized spacial score (nSPS) is 11.4. The van der Waals surface area contributed by atoms with Crippen LogP contribution in [0.15, 0.2) is 24.3 Å². The van der Waals surface area contributed by atoms with Crippen LogP contribution in [-0.2, 0) is 16.0 Å². The Balaban J connectivity index is 2.51. The zero-order chi connectivity index (χ0) is 22.2. The highest BCUT2D eigenvalue weighted by atomic mass is 16.5. The molecule has 0 aliphatic carbocycles. The molecule has 0 unspecified atom stereocenters. The van der Waals surface area contributed by atoms with Crippen molar-refractivity contribution in [2.24, 2.45) is 5.92 Å². The number of ether oxygens (including phenoxy) is 1. The van der Waals surface area contributed by atoms with Gasteiger partial charge in [-0.3, -0.25) is 9.69 Å². The van der Waals surface area contributed by atoms with E-state index in [0.717, 1.165) is 50.8 Å². The fraction of sp³-hybridized carbons (Fsp3) is 0.593. The van der Waals surface area contributed by atoms with Gasteiger partial charge in [0.1, 0.15) is 6.61 Å². The molecule has 30 heavy (non-hydrogen) atoms. The Morgan fingerprint density at radius 1 is 0.900 bits per heavy atom. The lowest BCUT2D eigenvalue weighted by Gasteiger charge is -2.21. The summed E-state index contributed by atoms with van der Waals surface area (Å²) in [4.78, 5) is 14.8. The summed E-state index contributed by atoms with van der Waals surface area (Å²) in [6, 6.07) is 8.34. The second kappa shape index (κ2) is 15.6. The number of carbonyl (C=O) groups excluding carboxylic acids is 1. The fourth-order valence-corrected chi connectivity index (χ4v) is 3.14. The monoisotopic (exact) mass is 409 g/mol. The van der Waals surface area contributed by atoms with Crippen molar-refractivity contribution in [3.05, 3.63) is 35.4 Å². The van der Waals surface area contributed by atoms with Crippen LogP contribution in [-0.4, -0.2) is 37.1 Å². The highest BCUT2D eigenvalue weighted by Gasteiger charge is 2.17. The first-order valence-corrected chi connectivity index (χ1v) is 11.4. The third-order valence-corrected chi connectivity index (χ3v) is 4.84. The molecule has 0 bridgehead atoms. The zero-order valence-electron chi connectivity index (χ0n) is 19.6. The molecule has 0 aliphatic heterocycles. The van der Waals surface area contributed by atoms with Crippen LogP contribution < -0.4 is 0 Å². The van der Waals surface area contributed by atoms with E-state index >= 15 is 0 Å². The maximum atomic E-state index is 12.5. The van der Waals surface area contributed by atoms with Crippen molar-refractivity contribution in [2.45, 2.75) is 72.6 Å². The third-order valence-electron chi connectivity index (χ3n) is 4.84. The molecular formula is C27H39NO2. The second-order valence-electron chi connectivity index (χ2n) is 7.98. The van der Waals surface area contributed by atoms with Gasteiger partial charge in [0.05, 0.1) is 5.92 Å². The first kappa shape index (κ1) is 25.8. The molecule has 0 radical (unpaired) electrons. The molecule has 0 spiro atoms. The fourth-order valence-electron chi connectivity index (χ4n) is 3.14. The Hall–Kier alpha value is -2.23. The van der Waals surface area contributed by atoms with E-state index in [1.165, 1.54) is 5.56 Å². The van der Waals surface area contributed by atoms with Crippen molar-refractivity contribution in [1.82, 2.24) is 4.90 Å². The summed E-state index contributed by atoms with van der Waals surface area (Å²) in [5.41, 5.74) is 2.32. The Morgan fingerprint density at radius 2 is 1.47 bits per heavy atom. The number of rotatable bonds is 11. The van der Waals surface area contributed by atoms with Gasteiger partial charge in [-0.1, -0.05) is 52.0 Å². The van der Waals surface area contributed by atoms with Crippen LogP contribution in [0.2, 0.25) is 0 Å². The van der Waals surface area contributed by atoms with E-state index < -0.39 is 0 Å². The minimum Gasteiger partial charge on any atom is -0.464 e. The van der Waals surface area contributed by atoms with Gasteiger partial charge in [0.2, 0.25) is 0 Å². The van der Waals surface area contributed by atoms with Gasteiger partial charge >= 0.3 is 5.97 Å². The van der Waals surface area contributed by atoms with Crippen molar-refractivity contribution in [3.8, 4) is 23.7 Å². The standard InChI is InChI=1S/C27H39NO2/c1-6-8-10-12-18-28(19-13-11-9-7-2)20-21-30-27(29)24(5)26-16-14-25(15-17-26)22-23(3)4/h14-17,23-24H,6-7,12-13,18-22H2,1-5H3/t24-/m1/s1. The summed E-state index contributed by atoms with van der Waals surface area (Å²) in [5.74, 6) is 12.8. The van der Waals surface area contributed by atoms with Gasteiger partial charge in [0.15, 0.2) is 0 Å². The third kappa shape index (κ3) is 11.1. The summed E-state index contributed by atoms with van der Waals surface area (Å²) >= 11 is 0. The number of hydrogen-bond acceptors (Lipinski definition) is 3. The molecule has 3 heteroatoms. The van der Waals surface area contributed by atoms with Crippen LogP contribution in [0.4, 0.5) is 0 Å². The van der Waals surface area contributed by atoms with Crippen LogP contribution in [0.3, 0.4) is 0 Å². The van der Waals surface area contributed by atoms with Crippen LogP contribution in [0.5, 0.6) is 0 Å². The van der Waals surface area contributed by atoms with Crippen molar-refractivity contribution in [3.63, 3.8) is 0 Å². The Labute approximate surface area is 184 Å². The largest absolute Gasteiger partial charge is 0.464 e. The average Bonchev–Trinajstić information content (AvgIpc) is 2.73. The van der Waals surface area contributed by atoms with Gasteiger partial charge in [0.25, 0.3) is 0 Å². The van der Waals surface area contributed by atoms with Gasteiger partial charge in [0, 0.05) is 45.3 Å². The van der Waals surface area contributed by atoms with Crippen molar-refractivity contribution in [1.29, 1.82) is 0 Å². The lowest BCUT2D eigenvalue weighted by molar-refractivity contribution is -0.145. The number of benzene rings is 1. The zero-order valence-corrected chi connectivity index (χ0v) is 19.6. The molecule has 1 rings (SSSR count). The van der Waals surface area contributed by atoms with Gasteiger partial charge in [-0.2, -0.15) is 0 Å². The summed E-state index contributed by atoms with van der Waals surface area (Å²) in [7, 11) is 0. The number of nitrogens with zero attached hydrogens (tertiary/aromatic N) is 1. The topological polar surface area (TPSA) is 29.5 Å². The van der Waals surface area contributed by atoms with E-state index in [1.807, 2.05) is 6.92 Å². The summed E-state index contributed by atoms with van der Waals surface area (Å²) in [5, 5.41) is 0. The van der Waals surface area contributed by atoms with E-state index in [1.54, 1.807) is 0 Å². The molecule has 0 aliphatic rings. The Bertz CT molecular complexity index is 702. The first-order chi connectivity index (χ1) is 14.5. The molecule has 0 heterocycles. The Kier molecular flexibility index (Phi) is 13.4. The quantitative estimate of drug-likeness (QED) is 0.360. The molecule has 0 fully saturated rings. The van der Waals surface area contributed by atoms with Gasteiger partial charge in [-0.15, -0.1) is 23.7 Å². The molecule has 0 saturated carbocycles. The highest BCUT2D eigenvalue weighted by Crippen LogP contribution is 2.19. The van der Waals surface area contributed by atoms with Crippen LogP contribution in [0, 0.1) is 29.6 Å². The van der Waals surface area contributed by atoms with Crippen LogP contribution >= 0.6 is 0 Å². The molecule has 164 valence electrons. The maximum Gasteiger partial charge on any atom is 0.313 e. The maximum absolute atomic E-state index is 12.5. The number of hydrogen-bond donors (Lipinski definition) is 0. The molecule has 0 N–H and O–H groups in total. The molecule has 0 amide bonds. The predicted molar refractivity (Wildman–Crippen MR) is 126 cm³/mol. The SMILES string of the molecule is CCC#CCCN(CCC#CCC)CCOC(=O)[C@H](C)c1ccc(CC(C)C)cc1. The Morgan fingerprint density at radius 3 is 1.97 bits per heavy atom.